The normalized spacial score (nSPS) is 26.3. The highest BCUT2D eigenvalue weighted by Crippen LogP contribution is 2.37. The van der Waals surface area contributed by atoms with Crippen LogP contribution in [0.15, 0.2) is 47.5 Å². The molecule has 5 heteroatoms. The molecule has 2 aromatic carbocycles. The Labute approximate surface area is 167 Å². The average molecular weight is 382 g/mol. The number of nitrogens with two attached hydrogens (primary N) is 1. The Morgan fingerprint density at radius 2 is 1.89 bits per heavy atom. The minimum atomic E-state index is -0.624. The third kappa shape index (κ3) is 4.09. The van der Waals surface area contributed by atoms with Gasteiger partial charge in [-0.15, -0.1) is 0 Å². The molecule has 150 valence electrons. The zero-order valence-corrected chi connectivity index (χ0v) is 16.7. The summed E-state index contributed by atoms with van der Waals surface area (Å²) in [6, 6.07) is 14.4. The van der Waals surface area contributed by atoms with Crippen LogP contribution in [0.5, 0.6) is 5.75 Å². The molecule has 4 rings (SSSR count). The van der Waals surface area contributed by atoms with Gasteiger partial charge >= 0.3 is 0 Å². The number of hydrogen-bond donors (Lipinski definition) is 2. The van der Waals surface area contributed by atoms with Crippen LogP contribution in [-0.2, 0) is 0 Å². The highest BCUT2D eigenvalue weighted by molar-refractivity contribution is 5.83. The van der Waals surface area contributed by atoms with Crippen molar-refractivity contribution in [1.82, 2.24) is 4.90 Å². The first kappa shape index (κ1) is 19.1. The summed E-state index contributed by atoms with van der Waals surface area (Å²) in [4.78, 5) is 6.50. The van der Waals surface area contributed by atoms with E-state index in [0.717, 1.165) is 17.6 Å². The van der Waals surface area contributed by atoms with Crippen molar-refractivity contribution in [3.63, 3.8) is 0 Å². The second-order valence-electron chi connectivity index (χ2n) is 8.50. The van der Waals surface area contributed by atoms with Crippen molar-refractivity contribution in [3.05, 3.63) is 42.5 Å². The number of nitrogens with zero attached hydrogens (tertiary/aromatic N) is 2. The lowest BCUT2D eigenvalue weighted by Gasteiger charge is -2.42. The summed E-state index contributed by atoms with van der Waals surface area (Å²) in [7, 11) is 1.79. The van der Waals surface area contributed by atoms with Gasteiger partial charge in [0.15, 0.2) is 5.96 Å². The third-order valence-electron chi connectivity index (χ3n) is 6.34. The molecule has 0 saturated heterocycles. The summed E-state index contributed by atoms with van der Waals surface area (Å²) >= 11 is 0. The van der Waals surface area contributed by atoms with Gasteiger partial charge in [0.25, 0.3) is 0 Å². The number of fused-ring (bicyclic) bond motifs is 1. The molecule has 0 spiro atoms. The quantitative estimate of drug-likeness (QED) is 0.824. The predicted octanol–water partition coefficient (Wildman–Crippen LogP) is 3.90. The molecule has 0 amide bonds. The lowest BCUT2D eigenvalue weighted by Crippen LogP contribution is -2.54. The van der Waals surface area contributed by atoms with E-state index in [9.17, 15) is 5.11 Å². The highest BCUT2D eigenvalue weighted by Gasteiger charge is 2.41. The number of rotatable bonds is 5. The number of hydrogen-bond acceptors (Lipinski definition) is 5. The average Bonchev–Trinajstić information content (AvgIpc) is 2.71. The zero-order valence-electron chi connectivity index (χ0n) is 16.7. The highest BCUT2D eigenvalue weighted by atomic mass is 16.5. The van der Waals surface area contributed by atoms with Crippen LogP contribution >= 0.6 is 0 Å². The van der Waals surface area contributed by atoms with Gasteiger partial charge in [-0.25, -0.2) is 4.99 Å². The first-order chi connectivity index (χ1) is 13.5. The number of aliphatic hydroxyl groups excluding tert-OH is 1. The molecule has 1 aliphatic heterocycles. The number of ether oxygens (including phenoxy) is 1. The first-order valence-electron chi connectivity index (χ1n) is 10.4. The van der Waals surface area contributed by atoms with Crippen LogP contribution in [0.4, 0.5) is 0 Å². The topological polar surface area (TPSA) is 71.1 Å². The Morgan fingerprint density at radius 1 is 1.14 bits per heavy atom. The number of aliphatic imine (C=N–C) groups is 1. The van der Waals surface area contributed by atoms with Crippen molar-refractivity contribution in [2.24, 2.45) is 16.6 Å². The first-order valence-corrected chi connectivity index (χ1v) is 10.4. The monoisotopic (exact) mass is 381 g/mol. The minimum Gasteiger partial charge on any atom is -0.491 e. The van der Waals surface area contributed by atoms with Crippen molar-refractivity contribution in [2.75, 3.05) is 13.7 Å². The summed E-state index contributed by atoms with van der Waals surface area (Å²) in [5, 5.41) is 12.9. The lowest BCUT2D eigenvalue weighted by atomic mass is 9.77. The van der Waals surface area contributed by atoms with Crippen LogP contribution in [0.1, 0.15) is 44.9 Å². The van der Waals surface area contributed by atoms with Gasteiger partial charge in [-0.3, -0.25) is 0 Å². The van der Waals surface area contributed by atoms with Crippen LogP contribution < -0.4 is 10.5 Å². The van der Waals surface area contributed by atoms with Crippen molar-refractivity contribution >= 4 is 16.7 Å². The van der Waals surface area contributed by atoms with Crippen LogP contribution in [0.2, 0.25) is 0 Å². The van der Waals surface area contributed by atoms with Crippen molar-refractivity contribution in [1.29, 1.82) is 0 Å². The van der Waals surface area contributed by atoms with E-state index in [4.69, 9.17) is 15.5 Å². The van der Waals surface area contributed by atoms with Crippen LogP contribution in [0.25, 0.3) is 10.8 Å². The molecule has 1 saturated carbocycles. The fourth-order valence-corrected chi connectivity index (χ4v) is 4.68. The third-order valence-corrected chi connectivity index (χ3v) is 6.34. The molecule has 2 aromatic rings. The predicted molar refractivity (Wildman–Crippen MR) is 113 cm³/mol. The van der Waals surface area contributed by atoms with Gasteiger partial charge in [0.2, 0.25) is 0 Å². The van der Waals surface area contributed by atoms with Crippen molar-refractivity contribution in [2.45, 2.75) is 56.7 Å². The smallest absolute Gasteiger partial charge is 0.193 e. The van der Waals surface area contributed by atoms with E-state index in [2.05, 4.69) is 24.3 Å². The molecule has 2 atom stereocenters. The standard InChI is InChI=1S/C23H31N3O2/c1-26-21(27)15-23(25-22(26)24,14-17-7-3-2-4-8-17)16-28-20-12-11-18-9-5-6-10-19(18)13-20/h5-6,9-13,17,21,27H,2-4,7-8,14-16H2,1H3,(H2,24,25). The summed E-state index contributed by atoms with van der Waals surface area (Å²) < 4.78 is 6.24. The molecular weight excluding hydrogens is 350 g/mol. The largest absolute Gasteiger partial charge is 0.491 e. The molecular formula is C23H31N3O2. The summed E-state index contributed by atoms with van der Waals surface area (Å²) in [6.07, 6.45) is 7.22. The number of benzene rings is 2. The molecule has 1 heterocycles. The Kier molecular flexibility index (Phi) is 5.44. The Balaban J connectivity index is 1.55. The van der Waals surface area contributed by atoms with Gasteiger partial charge in [-0.2, -0.15) is 0 Å². The lowest BCUT2D eigenvalue weighted by molar-refractivity contribution is 0.00760. The van der Waals surface area contributed by atoms with Crippen molar-refractivity contribution < 1.29 is 9.84 Å². The van der Waals surface area contributed by atoms with Crippen molar-refractivity contribution in [3.8, 4) is 5.75 Å². The van der Waals surface area contributed by atoms with E-state index in [1.54, 1.807) is 11.9 Å². The van der Waals surface area contributed by atoms with Gasteiger partial charge < -0.3 is 20.5 Å². The number of guanidine groups is 1. The van der Waals surface area contributed by atoms with Gasteiger partial charge in [-0.1, -0.05) is 62.4 Å². The summed E-state index contributed by atoms with van der Waals surface area (Å²) in [5.74, 6) is 1.86. The second-order valence-corrected chi connectivity index (χ2v) is 8.50. The van der Waals surface area contributed by atoms with Gasteiger partial charge in [0, 0.05) is 13.5 Å². The van der Waals surface area contributed by atoms with E-state index < -0.39 is 11.8 Å². The maximum atomic E-state index is 10.6. The maximum absolute atomic E-state index is 10.6. The maximum Gasteiger partial charge on any atom is 0.193 e. The van der Waals surface area contributed by atoms with Crippen LogP contribution in [0, 0.1) is 5.92 Å². The summed E-state index contributed by atoms with van der Waals surface area (Å²) in [6.45, 7) is 0.438. The molecule has 3 N–H and O–H groups in total. The molecule has 0 bridgehead atoms. The van der Waals surface area contributed by atoms with E-state index in [-0.39, 0.29) is 0 Å². The second kappa shape index (κ2) is 8.00. The Bertz CT molecular complexity index is 847. The molecule has 28 heavy (non-hydrogen) atoms. The van der Waals surface area contributed by atoms with E-state index in [1.807, 2.05) is 18.2 Å². The summed E-state index contributed by atoms with van der Waals surface area (Å²) in [5.41, 5.74) is 5.68. The molecule has 1 fully saturated rings. The van der Waals surface area contributed by atoms with Gasteiger partial charge in [-0.05, 0) is 35.2 Å². The van der Waals surface area contributed by atoms with E-state index >= 15 is 0 Å². The SMILES string of the molecule is CN1C(N)=NC(COc2ccc3ccccc3c2)(CC2CCCCC2)CC1O. The molecule has 0 aromatic heterocycles. The Morgan fingerprint density at radius 3 is 2.64 bits per heavy atom. The fraction of sp³-hybridized carbons (Fsp3) is 0.522. The molecule has 2 unspecified atom stereocenters. The van der Waals surface area contributed by atoms with Crippen LogP contribution in [0.3, 0.4) is 0 Å². The molecule has 0 radical (unpaired) electrons. The molecule has 2 aliphatic rings. The van der Waals surface area contributed by atoms with E-state index in [1.165, 1.54) is 37.5 Å². The fourth-order valence-electron chi connectivity index (χ4n) is 4.68. The van der Waals surface area contributed by atoms with Gasteiger partial charge in [0.05, 0.1) is 0 Å². The van der Waals surface area contributed by atoms with Crippen LogP contribution in [-0.4, -0.2) is 41.4 Å². The number of aliphatic hydroxyl groups is 1. The van der Waals surface area contributed by atoms with E-state index in [0.29, 0.717) is 24.9 Å². The molecule has 5 nitrogen and oxygen atoms in total. The minimum absolute atomic E-state index is 0.400. The zero-order chi connectivity index (χ0) is 19.6. The Hall–Kier alpha value is -2.27. The molecule has 1 aliphatic carbocycles. The van der Waals surface area contributed by atoms with Gasteiger partial charge in [0.1, 0.15) is 24.1 Å².